The molecule has 2 nitrogen and oxygen atoms in total. The molecule has 1 heterocycles. The molecule has 0 bridgehead atoms. The summed E-state index contributed by atoms with van der Waals surface area (Å²) in [6, 6.07) is 0. The molecule has 2 rings (SSSR count). The first kappa shape index (κ1) is 15.9. The van der Waals surface area contributed by atoms with Crippen LogP contribution in [0.4, 0.5) is 0 Å². The van der Waals surface area contributed by atoms with Crippen molar-refractivity contribution in [2.45, 2.75) is 53.9 Å². The van der Waals surface area contributed by atoms with E-state index < -0.39 is 6.49 Å². The highest BCUT2D eigenvalue weighted by molar-refractivity contribution is 8.09. The van der Waals surface area contributed by atoms with E-state index in [1.807, 2.05) is 0 Å². The Morgan fingerprint density at radius 3 is 1.89 bits per heavy atom. The van der Waals surface area contributed by atoms with Crippen LogP contribution in [-0.2, 0) is 20.9 Å². The second-order valence-corrected chi connectivity index (χ2v) is 12.0. The maximum atomic E-state index is 5.92. The largest absolute Gasteiger partial charge is 0.329 e. The SMILES string of the molecule is CCP1(=S)OCC(C2CC(C)(C)CC(C)(C)C2)CO1. The third-order valence-electron chi connectivity index (χ3n) is 4.61. The van der Waals surface area contributed by atoms with Gasteiger partial charge in [0.15, 0.2) is 6.49 Å². The Bertz CT molecular complexity index is 350. The monoisotopic (exact) mass is 304 g/mol. The molecule has 0 amide bonds. The summed E-state index contributed by atoms with van der Waals surface area (Å²) in [5, 5.41) is 0. The van der Waals surface area contributed by atoms with Gasteiger partial charge in [-0.05, 0) is 47.8 Å². The van der Waals surface area contributed by atoms with E-state index in [0.29, 0.717) is 16.7 Å². The minimum atomic E-state index is -1.91. The van der Waals surface area contributed by atoms with Gasteiger partial charge >= 0.3 is 0 Å². The van der Waals surface area contributed by atoms with Crippen LogP contribution in [0, 0.1) is 22.7 Å². The molecule has 2 aliphatic rings. The Hall–Kier alpha value is 0.570. The lowest BCUT2D eigenvalue weighted by Crippen LogP contribution is -2.40. The molecular formula is C15H29O2PS. The smallest absolute Gasteiger partial charge is 0.188 e. The van der Waals surface area contributed by atoms with E-state index in [9.17, 15) is 0 Å². The van der Waals surface area contributed by atoms with Gasteiger partial charge in [-0.2, -0.15) is 0 Å². The Balaban J connectivity index is 2.01. The molecule has 0 aromatic rings. The van der Waals surface area contributed by atoms with Gasteiger partial charge in [0.05, 0.1) is 13.2 Å². The minimum Gasteiger partial charge on any atom is -0.329 e. The van der Waals surface area contributed by atoms with E-state index in [1.165, 1.54) is 19.3 Å². The van der Waals surface area contributed by atoms with Crippen molar-refractivity contribution >= 4 is 18.3 Å². The molecule has 1 aliphatic heterocycles. The normalized spacial score (nSPS) is 39.1. The molecule has 1 saturated carbocycles. The molecule has 2 fully saturated rings. The van der Waals surface area contributed by atoms with Crippen LogP contribution < -0.4 is 0 Å². The fourth-order valence-electron chi connectivity index (χ4n) is 4.22. The predicted molar refractivity (Wildman–Crippen MR) is 85.1 cm³/mol. The molecule has 0 unspecified atom stereocenters. The summed E-state index contributed by atoms with van der Waals surface area (Å²) in [6.07, 6.45) is 4.76. The summed E-state index contributed by atoms with van der Waals surface area (Å²) in [5.74, 6) is 1.26. The predicted octanol–water partition coefficient (Wildman–Crippen LogP) is 4.83. The zero-order valence-corrected chi connectivity index (χ0v) is 14.8. The van der Waals surface area contributed by atoms with Crippen LogP contribution in [0.15, 0.2) is 0 Å². The molecular weight excluding hydrogens is 275 g/mol. The maximum Gasteiger partial charge on any atom is 0.188 e. The maximum absolute atomic E-state index is 5.92. The van der Waals surface area contributed by atoms with Crippen LogP contribution in [0.25, 0.3) is 0 Å². The van der Waals surface area contributed by atoms with Crippen molar-refractivity contribution in [1.82, 2.24) is 0 Å². The summed E-state index contributed by atoms with van der Waals surface area (Å²) >= 11 is 5.47. The van der Waals surface area contributed by atoms with Crippen molar-refractivity contribution in [3.8, 4) is 0 Å². The molecule has 0 aromatic carbocycles. The van der Waals surface area contributed by atoms with E-state index in [0.717, 1.165) is 25.3 Å². The van der Waals surface area contributed by atoms with Gasteiger partial charge in [-0.3, -0.25) is 0 Å². The zero-order valence-electron chi connectivity index (χ0n) is 13.1. The molecule has 0 atom stereocenters. The zero-order chi connectivity index (χ0) is 14.3. The molecule has 112 valence electrons. The quantitative estimate of drug-likeness (QED) is 0.681. The summed E-state index contributed by atoms with van der Waals surface area (Å²) < 4.78 is 11.8. The van der Waals surface area contributed by atoms with Crippen LogP contribution in [0.5, 0.6) is 0 Å². The fourth-order valence-corrected chi connectivity index (χ4v) is 5.87. The van der Waals surface area contributed by atoms with Gasteiger partial charge in [-0.25, -0.2) is 0 Å². The Labute approximate surface area is 123 Å². The van der Waals surface area contributed by atoms with Gasteiger partial charge in [0, 0.05) is 12.1 Å². The molecule has 0 spiro atoms. The third kappa shape index (κ3) is 4.03. The lowest BCUT2D eigenvalue weighted by Gasteiger charge is -2.48. The Kier molecular flexibility index (Phi) is 4.54. The van der Waals surface area contributed by atoms with Crippen LogP contribution >= 0.6 is 6.49 Å². The van der Waals surface area contributed by atoms with Crippen LogP contribution in [0.1, 0.15) is 53.9 Å². The molecule has 0 aromatic heterocycles. The van der Waals surface area contributed by atoms with Crippen molar-refractivity contribution in [2.24, 2.45) is 22.7 Å². The van der Waals surface area contributed by atoms with E-state index in [-0.39, 0.29) is 0 Å². The molecule has 0 N–H and O–H groups in total. The van der Waals surface area contributed by atoms with Crippen molar-refractivity contribution < 1.29 is 9.05 Å². The highest BCUT2D eigenvalue weighted by Crippen LogP contribution is 2.55. The van der Waals surface area contributed by atoms with E-state index in [1.54, 1.807) is 0 Å². The molecule has 0 radical (unpaired) electrons. The first-order valence-electron chi connectivity index (χ1n) is 7.53. The Morgan fingerprint density at radius 1 is 1.00 bits per heavy atom. The minimum absolute atomic E-state index is 0.439. The van der Waals surface area contributed by atoms with E-state index in [4.69, 9.17) is 20.9 Å². The summed E-state index contributed by atoms with van der Waals surface area (Å²) in [6.45, 7) is 11.4. The molecule has 1 aliphatic carbocycles. The average molecular weight is 304 g/mol. The summed E-state index contributed by atoms with van der Waals surface area (Å²) in [4.78, 5) is 0. The summed E-state index contributed by atoms with van der Waals surface area (Å²) in [7, 11) is 0. The molecule has 19 heavy (non-hydrogen) atoms. The Morgan fingerprint density at radius 2 is 1.47 bits per heavy atom. The van der Waals surface area contributed by atoms with Gasteiger partial charge in [0.1, 0.15) is 0 Å². The molecule has 1 saturated heterocycles. The second-order valence-electron chi connectivity index (χ2n) is 7.95. The van der Waals surface area contributed by atoms with E-state index >= 15 is 0 Å². The lowest BCUT2D eigenvalue weighted by atomic mass is 9.59. The van der Waals surface area contributed by atoms with Gasteiger partial charge in [0.25, 0.3) is 0 Å². The van der Waals surface area contributed by atoms with Gasteiger partial charge in [-0.1, -0.05) is 34.6 Å². The van der Waals surface area contributed by atoms with Crippen LogP contribution in [0.2, 0.25) is 0 Å². The number of hydrogen-bond acceptors (Lipinski definition) is 3. The number of hydrogen-bond donors (Lipinski definition) is 0. The highest BCUT2D eigenvalue weighted by atomic mass is 32.5. The van der Waals surface area contributed by atoms with Gasteiger partial charge in [0.2, 0.25) is 0 Å². The average Bonchev–Trinajstić information content (AvgIpc) is 2.26. The number of rotatable bonds is 2. The van der Waals surface area contributed by atoms with Gasteiger partial charge < -0.3 is 9.05 Å². The highest BCUT2D eigenvalue weighted by Gasteiger charge is 2.42. The first-order valence-corrected chi connectivity index (χ1v) is 10.4. The first-order chi connectivity index (χ1) is 8.65. The fraction of sp³-hybridized carbons (Fsp3) is 1.00. The van der Waals surface area contributed by atoms with E-state index in [2.05, 4.69) is 34.6 Å². The van der Waals surface area contributed by atoms with Gasteiger partial charge in [-0.15, -0.1) is 0 Å². The summed E-state index contributed by atoms with van der Waals surface area (Å²) in [5.41, 5.74) is 0.879. The van der Waals surface area contributed by atoms with Crippen LogP contribution in [-0.4, -0.2) is 19.4 Å². The standard InChI is InChI=1S/C15H29O2PS/c1-6-18(19)16-9-13(10-17-18)12-7-14(2,3)11-15(4,5)8-12/h12-13H,6-11H2,1-5H3. The second kappa shape index (κ2) is 5.40. The van der Waals surface area contributed by atoms with Crippen molar-refractivity contribution in [3.63, 3.8) is 0 Å². The molecule has 4 heteroatoms. The third-order valence-corrected chi connectivity index (χ3v) is 7.88. The lowest BCUT2D eigenvalue weighted by molar-refractivity contribution is -0.00313. The van der Waals surface area contributed by atoms with Crippen molar-refractivity contribution in [1.29, 1.82) is 0 Å². The van der Waals surface area contributed by atoms with Crippen LogP contribution in [0.3, 0.4) is 0 Å². The van der Waals surface area contributed by atoms with Crippen molar-refractivity contribution in [2.75, 3.05) is 19.4 Å². The van der Waals surface area contributed by atoms with Crippen molar-refractivity contribution in [3.05, 3.63) is 0 Å². The topological polar surface area (TPSA) is 18.5 Å².